The van der Waals surface area contributed by atoms with Gasteiger partial charge in [-0.05, 0) is 38.9 Å². The smallest absolute Gasteiger partial charge is 0.490 e. The highest BCUT2D eigenvalue weighted by molar-refractivity contribution is 7.21. The van der Waals surface area contributed by atoms with Gasteiger partial charge < -0.3 is 14.0 Å². The van der Waals surface area contributed by atoms with E-state index in [0.717, 1.165) is 17.2 Å². The van der Waals surface area contributed by atoms with Crippen LogP contribution in [0.5, 0.6) is 17.2 Å². The Kier molecular flexibility index (Phi) is 3.58. The van der Waals surface area contributed by atoms with Crippen LogP contribution in [-0.2, 0) is 0 Å². The Morgan fingerprint density at radius 1 is 0.448 bits per heavy atom. The fourth-order valence-corrected chi connectivity index (χ4v) is 9.68. The first-order valence-corrected chi connectivity index (χ1v) is 11.7. The Bertz CT molecular complexity index is 1090. The van der Waals surface area contributed by atoms with Crippen LogP contribution < -0.4 is 34.7 Å². The van der Waals surface area contributed by atoms with Gasteiger partial charge in [0.05, 0.1) is 0 Å². The summed E-state index contributed by atoms with van der Waals surface area (Å²) in [5.41, 5.74) is 0. The zero-order chi connectivity index (χ0) is 19.3. The van der Waals surface area contributed by atoms with Gasteiger partial charge in [0.2, 0.25) is 0 Å². The molecule has 4 aromatic rings. The van der Waals surface area contributed by atoms with Crippen LogP contribution in [0.25, 0.3) is 0 Å². The molecule has 5 heteroatoms. The molecular formula is C24H17BO3Si. The second-order valence-electron chi connectivity index (χ2n) is 7.25. The van der Waals surface area contributed by atoms with E-state index in [1.54, 1.807) is 0 Å². The van der Waals surface area contributed by atoms with Crippen molar-refractivity contribution in [1.82, 2.24) is 0 Å². The van der Waals surface area contributed by atoms with Crippen molar-refractivity contribution in [2.24, 2.45) is 0 Å². The van der Waals surface area contributed by atoms with E-state index in [2.05, 4.69) is 66.7 Å². The highest BCUT2D eigenvalue weighted by Gasteiger charge is 2.52. The zero-order valence-electron chi connectivity index (χ0n) is 15.6. The van der Waals surface area contributed by atoms with Crippen molar-refractivity contribution in [3.63, 3.8) is 0 Å². The lowest BCUT2D eigenvalue weighted by Crippen LogP contribution is -2.77. The second-order valence-corrected chi connectivity index (χ2v) is 10.9. The molecule has 0 atom stereocenters. The van der Waals surface area contributed by atoms with E-state index >= 15 is 0 Å². The molecule has 0 aromatic heterocycles. The second kappa shape index (κ2) is 6.29. The van der Waals surface area contributed by atoms with Crippen LogP contribution in [-0.4, -0.2) is 15.4 Å². The van der Waals surface area contributed by atoms with Gasteiger partial charge in [0.25, 0.3) is 0 Å². The fourth-order valence-electron chi connectivity index (χ4n) is 4.61. The largest absolute Gasteiger partial charge is 0.864 e. The Hall–Kier alpha value is -3.44. The Morgan fingerprint density at radius 3 is 1.28 bits per heavy atom. The van der Waals surface area contributed by atoms with E-state index in [1.165, 1.54) is 20.7 Å². The van der Waals surface area contributed by atoms with Crippen molar-refractivity contribution in [2.45, 2.75) is 0 Å². The summed E-state index contributed by atoms with van der Waals surface area (Å²) in [7, 11) is -3.59. The molecule has 0 amide bonds. The molecule has 29 heavy (non-hydrogen) atoms. The molecule has 3 heterocycles. The molecule has 3 aliphatic rings. The highest BCUT2D eigenvalue weighted by atomic mass is 28.3. The topological polar surface area (TPSA) is 27.7 Å². The van der Waals surface area contributed by atoms with Gasteiger partial charge in [-0.25, -0.2) is 0 Å². The zero-order valence-corrected chi connectivity index (χ0v) is 16.6. The first kappa shape index (κ1) is 16.5. The molecule has 0 saturated heterocycles. The molecule has 0 unspecified atom stereocenters. The van der Waals surface area contributed by atoms with E-state index < -0.39 is 15.4 Å². The Balaban J connectivity index is 1.87. The summed E-state index contributed by atoms with van der Waals surface area (Å²) < 4.78 is 18.8. The van der Waals surface area contributed by atoms with Gasteiger partial charge in [0, 0.05) is 0 Å². The third-order valence-corrected chi connectivity index (χ3v) is 10.6. The predicted octanol–water partition coefficient (Wildman–Crippen LogP) is 2.21. The van der Waals surface area contributed by atoms with Gasteiger partial charge in [-0.15, -0.1) is 0 Å². The maximum absolute atomic E-state index is 6.26. The lowest BCUT2D eigenvalue weighted by molar-refractivity contribution is 0.308. The average Bonchev–Trinajstić information content (AvgIpc) is 2.75. The van der Waals surface area contributed by atoms with E-state index in [0.29, 0.717) is 0 Å². The Labute approximate surface area is 170 Å². The van der Waals surface area contributed by atoms with Crippen LogP contribution in [0.1, 0.15) is 0 Å². The third kappa shape index (κ3) is 2.31. The van der Waals surface area contributed by atoms with Crippen molar-refractivity contribution >= 4 is 36.1 Å². The molecule has 0 saturated carbocycles. The van der Waals surface area contributed by atoms with Crippen molar-refractivity contribution < 1.29 is 14.0 Å². The van der Waals surface area contributed by atoms with E-state index in [9.17, 15) is 0 Å². The molecule has 0 N–H and O–H groups in total. The number of hydrogen-bond acceptors (Lipinski definition) is 3. The highest BCUT2D eigenvalue weighted by Crippen LogP contribution is 2.29. The van der Waals surface area contributed by atoms with Crippen LogP contribution in [0.4, 0.5) is 0 Å². The SMILES string of the molecule is c1ccc([Si]23c4ccccc4OB(Oc4ccccc42)Oc2ccccc23)cc1. The molecule has 138 valence electrons. The summed E-state index contributed by atoms with van der Waals surface area (Å²) in [4.78, 5) is 0. The van der Waals surface area contributed by atoms with Gasteiger partial charge in [-0.1, -0.05) is 84.9 Å². The van der Waals surface area contributed by atoms with Gasteiger partial charge in [-0.2, -0.15) is 0 Å². The van der Waals surface area contributed by atoms with Crippen LogP contribution in [0.15, 0.2) is 103 Å². The third-order valence-electron chi connectivity index (χ3n) is 5.75. The maximum atomic E-state index is 6.26. The molecule has 0 aliphatic carbocycles. The predicted molar refractivity (Wildman–Crippen MR) is 118 cm³/mol. The molecule has 2 bridgehead atoms. The van der Waals surface area contributed by atoms with Crippen LogP contribution >= 0.6 is 0 Å². The van der Waals surface area contributed by atoms with Crippen LogP contribution in [0, 0.1) is 0 Å². The number of para-hydroxylation sites is 3. The molecule has 3 aliphatic heterocycles. The number of benzene rings is 4. The minimum atomic E-state index is -2.74. The number of hydrogen-bond donors (Lipinski definition) is 0. The monoisotopic (exact) mass is 392 g/mol. The van der Waals surface area contributed by atoms with Crippen molar-refractivity contribution in [3.8, 4) is 17.2 Å². The summed E-state index contributed by atoms with van der Waals surface area (Å²) in [5, 5.41) is 4.90. The molecular weight excluding hydrogens is 375 g/mol. The van der Waals surface area contributed by atoms with Crippen LogP contribution in [0.3, 0.4) is 0 Å². The number of rotatable bonds is 1. The standard InChI is InChI=1S/C24H17BO3Si/c1-2-10-18(11-3-1)29-22-15-7-4-12-19(22)26-25(27-20-13-5-8-16-23(20)29)28-21-14-6-9-17-24(21)29/h1-17H. The van der Waals surface area contributed by atoms with Gasteiger partial charge in [0.15, 0.2) is 8.07 Å². The van der Waals surface area contributed by atoms with Crippen LogP contribution in [0.2, 0.25) is 0 Å². The van der Waals surface area contributed by atoms with Crippen molar-refractivity contribution in [2.75, 3.05) is 0 Å². The summed E-state index contributed by atoms with van der Waals surface area (Å²) in [6.07, 6.45) is 0. The molecule has 0 radical (unpaired) electrons. The molecule has 0 spiro atoms. The van der Waals surface area contributed by atoms with E-state index in [4.69, 9.17) is 14.0 Å². The van der Waals surface area contributed by atoms with Crippen molar-refractivity contribution in [1.29, 1.82) is 0 Å². The minimum absolute atomic E-state index is 0.817. The summed E-state index contributed by atoms with van der Waals surface area (Å²) in [6.45, 7) is 0. The molecule has 3 nitrogen and oxygen atoms in total. The fraction of sp³-hybridized carbons (Fsp3) is 0. The first-order chi connectivity index (χ1) is 14.4. The van der Waals surface area contributed by atoms with Crippen molar-refractivity contribution in [3.05, 3.63) is 103 Å². The van der Waals surface area contributed by atoms with Gasteiger partial charge >= 0.3 is 7.32 Å². The van der Waals surface area contributed by atoms with Gasteiger partial charge in [0.1, 0.15) is 17.2 Å². The molecule has 0 fully saturated rings. The summed E-state index contributed by atoms with van der Waals surface area (Å²) in [6, 6.07) is 35.7. The molecule has 7 rings (SSSR count). The van der Waals surface area contributed by atoms with Gasteiger partial charge in [-0.3, -0.25) is 0 Å². The maximum Gasteiger partial charge on any atom is 0.864 e. The Morgan fingerprint density at radius 2 is 0.828 bits per heavy atom. The summed E-state index contributed by atoms with van der Waals surface area (Å²) >= 11 is 0. The minimum Gasteiger partial charge on any atom is -0.490 e. The normalized spacial score (nSPS) is 15.2. The first-order valence-electron chi connectivity index (χ1n) is 9.71. The lowest BCUT2D eigenvalue weighted by Gasteiger charge is -2.41. The summed E-state index contributed by atoms with van der Waals surface area (Å²) in [5.74, 6) is 2.45. The lowest BCUT2D eigenvalue weighted by atomic mass is 10.1. The average molecular weight is 392 g/mol. The van der Waals surface area contributed by atoms with E-state index in [-0.39, 0.29) is 0 Å². The quantitative estimate of drug-likeness (QED) is 0.465. The molecule has 4 aromatic carbocycles. The van der Waals surface area contributed by atoms with E-state index in [1.807, 2.05) is 36.4 Å².